The van der Waals surface area contributed by atoms with Crippen molar-refractivity contribution in [3.05, 3.63) is 16.4 Å². The molecule has 0 amide bonds. The molecule has 0 saturated carbocycles. The monoisotopic (exact) mass is 242 g/mol. The SMILES string of the molecule is Cc1c(Cl)c(C(=O)O)nn1CC(F)(F)F. The Morgan fingerprint density at radius 2 is 2.13 bits per heavy atom. The third kappa shape index (κ3) is 2.62. The predicted octanol–water partition coefficient (Wildman–Crippen LogP) is 2.11. The lowest BCUT2D eigenvalue weighted by molar-refractivity contribution is -0.143. The van der Waals surface area contributed by atoms with Gasteiger partial charge in [-0.15, -0.1) is 0 Å². The molecule has 15 heavy (non-hydrogen) atoms. The van der Waals surface area contributed by atoms with Crippen LogP contribution in [0, 0.1) is 6.92 Å². The fraction of sp³-hybridized carbons (Fsp3) is 0.429. The second-order valence-electron chi connectivity index (χ2n) is 2.83. The van der Waals surface area contributed by atoms with Gasteiger partial charge in [-0.3, -0.25) is 4.68 Å². The van der Waals surface area contributed by atoms with Gasteiger partial charge in [0.1, 0.15) is 6.54 Å². The number of aromatic carboxylic acids is 1. The van der Waals surface area contributed by atoms with E-state index in [0.29, 0.717) is 4.68 Å². The topological polar surface area (TPSA) is 55.1 Å². The summed E-state index contributed by atoms with van der Waals surface area (Å²) in [6.07, 6.45) is -4.46. The van der Waals surface area contributed by atoms with Crippen molar-refractivity contribution in [1.29, 1.82) is 0 Å². The first kappa shape index (κ1) is 11.8. The molecule has 0 spiro atoms. The van der Waals surface area contributed by atoms with Crippen LogP contribution in [0.15, 0.2) is 0 Å². The Hall–Kier alpha value is -1.24. The zero-order valence-corrected chi connectivity index (χ0v) is 8.22. The van der Waals surface area contributed by atoms with Gasteiger partial charge in [-0.1, -0.05) is 11.6 Å². The van der Waals surface area contributed by atoms with Crippen LogP contribution < -0.4 is 0 Å². The summed E-state index contributed by atoms with van der Waals surface area (Å²) < 4.78 is 36.6. The van der Waals surface area contributed by atoms with E-state index in [-0.39, 0.29) is 10.7 Å². The normalized spacial score (nSPS) is 11.8. The first-order valence-corrected chi connectivity index (χ1v) is 4.13. The molecule has 1 aromatic rings. The molecule has 0 radical (unpaired) electrons. The molecule has 0 unspecified atom stereocenters. The number of halogens is 4. The van der Waals surface area contributed by atoms with Gasteiger partial charge in [0, 0.05) is 0 Å². The summed E-state index contributed by atoms with van der Waals surface area (Å²) in [6, 6.07) is 0. The molecule has 0 aliphatic heterocycles. The molecule has 1 aromatic heterocycles. The van der Waals surface area contributed by atoms with Gasteiger partial charge in [0.15, 0.2) is 5.69 Å². The van der Waals surface area contributed by atoms with Crippen LogP contribution in [0.1, 0.15) is 16.2 Å². The summed E-state index contributed by atoms with van der Waals surface area (Å²) in [5, 5.41) is 11.5. The molecular formula is C7H6ClF3N2O2. The Labute approximate surface area is 87.3 Å². The molecule has 0 bridgehead atoms. The minimum absolute atomic E-state index is 0.0219. The summed E-state index contributed by atoms with van der Waals surface area (Å²) >= 11 is 5.51. The highest BCUT2D eigenvalue weighted by Crippen LogP contribution is 2.24. The maximum atomic E-state index is 12.0. The lowest BCUT2D eigenvalue weighted by Gasteiger charge is -2.07. The number of hydrogen-bond donors (Lipinski definition) is 1. The van der Waals surface area contributed by atoms with Crippen LogP contribution in [-0.2, 0) is 6.54 Å². The number of carboxylic acids is 1. The predicted molar refractivity (Wildman–Crippen MR) is 45.0 cm³/mol. The van der Waals surface area contributed by atoms with Crippen LogP contribution in [-0.4, -0.2) is 27.0 Å². The highest BCUT2D eigenvalue weighted by Gasteiger charge is 2.31. The van der Waals surface area contributed by atoms with Crippen LogP contribution in [0.4, 0.5) is 13.2 Å². The average molecular weight is 243 g/mol. The van der Waals surface area contributed by atoms with E-state index >= 15 is 0 Å². The maximum Gasteiger partial charge on any atom is 0.408 e. The first-order valence-electron chi connectivity index (χ1n) is 3.75. The Bertz CT molecular complexity index is 400. The van der Waals surface area contributed by atoms with Crippen molar-refractivity contribution in [1.82, 2.24) is 9.78 Å². The van der Waals surface area contributed by atoms with E-state index in [4.69, 9.17) is 16.7 Å². The minimum atomic E-state index is -4.46. The molecule has 0 fully saturated rings. The molecule has 1 rings (SSSR count). The van der Waals surface area contributed by atoms with Gasteiger partial charge in [-0.2, -0.15) is 18.3 Å². The lowest BCUT2D eigenvalue weighted by Crippen LogP contribution is -2.19. The summed E-state index contributed by atoms with van der Waals surface area (Å²) in [6.45, 7) is -0.0840. The Balaban J connectivity index is 3.11. The second-order valence-corrected chi connectivity index (χ2v) is 3.20. The zero-order valence-electron chi connectivity index (χ0n) is 7.47. The van der Waals surface area contributed by atoms with E-state index in [1.54, 1.807) is 0 Å². The van der Waals surface area contributed by atoms with Crippen LogP contribution in [0.5, 0.6) is 0 Å². The molecule has 0 saturated heterocycles. The zero-order chi connectivity index (χ0) is 11.8. The van der Waals surface area contributed by atoms with Gasteiger partial charge in [0.25, 0.3) is 0 Å². The molecule has 0 atom stereocenters. The van der Waals surface area contributed by atoms with Crippen LogP contribution in [0.25, 0.3) is 0 Å². The van der Waals surface area contributed by atoms with Crippen LogP contribution in [0.3, 0.4) is 0 Å². The minimum Gasteiger partial charge on any atom is -0.476 e. The van der Waals surface area contributed by atoms with Crippen LogP contribution in [0.2, 0.25) is 5.02 Å². The van der Waals surface area contributed by atoms with Gasteiger partial charge < -0.3 is 5.11 Å². The van der Waals surface area contributed by atoms with Crippen molar-refractivity contribution in [2.75, 3.05) is 0 Å². The fourth-order valence-electron chi connectivity index (χ4n) is 0.985. The molecule has 4 nitrogen and oxygen atoms in total. The van der Waals surface area contributed by atoms with Crippen molar-refractivity contribution < 1.29 is 23.1 Å². The van der Waals surface area contributed by atoms with E-state index < -0.39 is 24.4 Å². The van der Waals surface area contributed by atoms with Crippen molar-refractivity contribution in [2.24, 2.45) is 0 Å². The smallest absolute Gasteiger partial charge is 0.408 e. The fourth-order valence-corrected chi connectivity index (χ4v) is 1.20. The molecule has 1 heterocycles. The highest BCUT2D eigenvalue weighted by atomic mass is 35.5. The highest BCUT2D eigenvalue weighted by molar-refractivity contribution is 6.33. The number of rotatable bonds is 2. The van der Waals surface area contributed by atoms with Gasteiger partial charge in [0.2, 0.25) is 0 Å². The molecule has 8 heteroatoms. The van der Waals surface area contributed by atoms with E-state index in [2.05, 4.69) is 5.10 Å². The van der Waals surface area contributed by atoms with E-state index in [0.717, 1.165) is 0 Å². The third-order valence-electron chi connectivity index (χ3n) is 1.67. The van der Waals surface area contributed by atoms with Crippen molar-refractivity contribution in [2.45, 2.75) is 19.6 Å². The molecule has 0 aliphatic rings. The number of aromatic nitrogens is 2. The van der Waals surface area contributed by atoms with Gasteiger partial charge in [0.05, 0.1) is 10.7 Å². The van der Waals surface area contributed by atoms with Crippen molar-refractivity contribution >= 4 is 17.6 Å². The van der Waals surface area contributed by atoms with Crippen LogP contribution >= 0.6 is 11.6 Å². The summed E-state index contributed by atoms with van der Waals surface area (Å²) in [7, 11) is 0. The Morgan fingerprint density at radius 3 is 2.47 bits per heavy atom. The standard InChI is InChI=1S/C7H6ClF3N2O2/c1-3-4(8)5(6(14)15)12-13(3)2-7(9,10)11/h2H2,1H3,(H,14,15). The molecule has 0 aliphatic carbocycles. The van der Waals surface area contributed by atoms with Crippen molar-refractivity contribution in [3.8, 4) is 0 Å². The van der Waals surface area contributed by atoms with E-state index in [9.17, 15) is 18.0 Å². The molecular weight excluding hydrogens is 237 g/mol. The van der Waals surface area contributed by atoms with Gasteiger partial charge >= 0.3 is 12.1 Å². The first-order chi connectivity index (χ1) is 6.72. The summed E-state index contributed by atoms with van der Waals surface area (Å²) in [4.78, 5) is 10.5. The van der Waals surface area contributed by atoms with Gasteiger partial charge in [-0.25, -0.2) is 4.79 Å². The molecule has 1 N–H and O–H groups in total. The number of nitrogens with zero attached hydrogens (tertiary/aromatic N) is 2. The molecule has 84 valence electrons. The van der Waals surface area contributed by atoms with E-state index in [1.807, 2.05) is 0 Å². The molecule has 0 aromatic carbocycles. The number of hydrogen-bond acceptors (Lipinski definition) is 2. The number of carboxylic acid groups (broad SMARTS) is 1. The largest absolute Gasteiger partial charge is 0.476 e. The summed E-state index contributed by atoms with van der Waals surface area (Å²) in [5.41, 5.74) is -0.593. The third-order valence-corrected chi connectivity index (χ3v) is 2.12. The van der Waals surface area contributed by atoms with E-state index in [1.165, 1.54) is 6.92 Å². The average Bonchev–Trinajstić information content (AvgIpc) is 2.30. The number of carbonyl (C=O) groups is 1. The quantitative estimate of drug-likeness (QED) is 0.864. The second kappa shape index (κ2) is 3.73. The van der Waals surface area contributed by atoms with Gasteiger partial charge in [-0.05, 0) is 6.92 Å². The maximum absolute atomic E-state index is 12.0. The lowest BCUT2D eigenvalue weighted by atomic mass is 10.4. The Kier molecular flexibility index (Phi) is 2.94. The summed E-state index contributed by atoms with van der Waals surface area (Å²) in [5.74, 6) is -1.45. The van der Waals surface area contributed by atoms with Crippen molar-refractivity contribution in [3.63, 3.8) is 0 Å². The number of alkyl halides is 3. The Morgan fingerprint density at radius 1 is 1.60 bits per heavy atom.